The number of H-pyrrole nitrogens is 1. The number of aromatic nitrogens is 5. The van der Waals surface area contributed by atoms with Gasteiger partial charge < -0.3 is 14.5 Å². The van der Waals surface area contributed by atoms with E-state index in [0.29, 0.717) is 16.8 Å². The first-order valence-corrected chi connectivity index (χ1v) is 7.65. The quantitative estimate of drug-likeness (QED) is 0.568. The van der Waals surface area contributed by atoms with Gasteiger partial charge in [-0.15, -0.1) is 5.10 Å². The standard InChI is InChI=1S/C15H19N5O5/c1-5-24-15(23)12-8(2)13(17-9(12)3)14(22)10(4)25-11(21)6-20-7-16-18-19-20/h7,10,17H,5-6H2,1-4H3/t10-/m1/s1. The molecule has 0 aliphatic carbocycles. The molecular weight excluding hydrogens is 330 g/mol. The molecular formula is C15H19N5O5. The third-order valence-electron chi connectivity index (χ3n) is 3.52. The van der Waals surface area contributed by atoms with Crippen LogP contribution in [0, 0.1) is 13.8 Å². The van der Waals surface area contributed by atoms with Gasteiger partial charge in [-0.1, -0.05) is 0 Å². The Kier molecular flexibility index (Phi) is 5.63. The lowest BCUT2D eigenvalue weighted by Crippen LogP contribution is -2.27. The van der Waals surface area contributed by atoms with E-state index in [0.717, 1.165) is 0 Å². The molecule has 1 N–H and O–H groups in total. The van der Waals surface area contributed by atoms with Gasteiger partial charge in [0.25, 0.3) is 0 Å². The lowest BCUT2D eigenvalue weighted by molar-refractivity contribution is -0.147. The third-order valence-corrected chi connectivity index (χ3v) is 3.52. The monoisotopic (exact) mass is 349 g/mol. The summed E-state index contributed by atoms with van der Waals surface area (Å²) in [6, 6.07) is 0. The molecule has 2 aromatic rings. The van der Waals surface area contributed by atoms with Gasteiger partial charge in [0.05, 0.1) is 17.9 Å². The molecule has 0 aliphatic rings. The minimum atomic E-state index is -1.03. The predicted octanol–water partition coefficient (Wildman–Crippen LogP) is 0.609. The van der Waals surface area contributed by atoms with Crippen molar-refractivity contribution in [1.82, 2.24) is 25.2 Å². The molecule has 0 unspecified atom stereocenters. The van der Waals surface area contributed by atoms with Crippen LogP contribution in [-0.2, 0) is 20.8 Å². The largest absolute Gasteiger partial charge is 0.462 e. The van der Waals surface area contributed by atoms with Crippen LogP contribution in [0.4, 0.5) is 0 Å². The minimum absolute atomic E-state index is 0.207. The summed E-state index contributed by atoms with van der Waals surface area (Å²) in [5.74, 6) is -1.60. The number of aromatic amines is 1. The van der Waals surface area contributed by atoms with Crippen LogP contribution >= 0.6 is 0 Å². The number of nitrogens with one attached hydrogen (secondary N) is 1. The smallest absolute Gasteiger partial charge is 0.340 e. The average Bonchev–Trinajstić information content (AvgIpc) is 3.14. The summed E-state index contributed by atoms with van der Waals surface area (Å²) in [7, 11) is 0. The molecule has 0 amide bonds. The Morgan fingerprint density at radius 2 is 2.04 bits per heavy atom. The van der Waals surface area contributed by atoms with Crippen LogP contribution < -0.4 is 0 Å². The first-order chi connectivity index (χ1) is 11.8. The van der Waals surface area contributed by atoms with Crippen molar-refractivity contribution in [3.05, 3.63) is 28.8 Å². The Bertz CT molecular complexity index is 781. The molecule has 0 aliphatic heterocycles. The van der Waals surface area contributed by atoms with Crippen LogP contribution in [0.5, 0.6) is 0 Å². The van der Waals surface area contributed by atoms with Crippen molar-refractivity contribution in [2.75, 3.05) is 6.61 Å². The van der Waals surface area contributed by atoms with Gasteiger partial charge in [0.15, 0.2) is 6.10 Å². The number of ketones is 1. The van der Waals surface area contributed by atoms with Crippen molar-refractivity contribution in [2.45, 2.75) is 40.3 Å². The van der Waals surface area contributed by atoms with Crippen molar-refractivity contribution in [3.8, 4) is 0 Å². The van der Waals surface area contributed by atoms with Gasteiger partial charge in [-0.2, -0.15) is 0 Å². The summed E-state index contributed by atoms with van der Waals surface area (Å²) >= 11 is 0. The van der Waals surface area contributed by atoms with Gasteiger partial charge in [0.2, 0.25) is 5.78 Å². The fourth-order valence-corrected chi connectivity index (χ4v) is 2.38. The number of carbonyl (C=O) groups excluding carboxylic acids is 3. The fraction of sp³-hybridized carbons (Fsp3) is 0.467. The first kappa shape index (κ1) is 18.3. The molecule has 0 bridgehead atoms. The maximum Gasteiger partial charge on any atom is 0.340 e. The van der Waals surface area contributed by atoms with Crippen molar-refractivity contribution >= 4 is 17.7 Å². The number of tetrazole rings is 1. The van der Waals surface area contributed by atoms with Crippen molar-refractivity contribution in [2.24, 2.45) is 0 Å². The summed E-state index contributed by atoms with van der Waals surface area (Å²) in [4.78, 5) is 39.2. The molecule has 10 nitrogen and oxygen atoms in total. The number of esters is 2. The zero-order chi connectivity index (χ0) is 18.6. The highest BCUT2D eigenvalue weighted by Crippen LogP contribution is 2.21. The maximum atomic E-state index is 12.5. The van der Waals surface area contributed by atoms with E-state index in [1.165, 1.54) is 17.9 Å². The van der Waals surface area contributed by atoms with Crippen molar-refractivity contribution < 1.29 is 23.9 Å². The Labute approximate surface area is 143 Å². The number of ether oxygens (including phenoxy) is 2. The molecule has 1 atom stereocenters. The molecule has 0 saturated carbocycles. The second-order valence-electron chi connectivity index (χ2n) is 5.35. The normalized spacial score (nSPS) is 11.8. The van der Waals surface area contributed by atoms with Crippen molar-refractivity contribution in [1.29, 1.82) is 0 Å². The van der Waals surface area contributed by atoms with E-state index in [1.54, 1.807) is 20.8 Å². The molecule has 134 valence electrons. The highest BCUT2D eigenvalue weighted by atomic mass is 16.5. The van der Waals surface area contributed by atoms with E-state index < -0.39 is 23.8 Å². The van der Waals surface area contributed by atoms with Gasteiger partial charge in [-0.3, -0.25) is 9.59 Å². The van der Waals surface area contributed by atoms with Crippen LogP contribution in [0.3, 0.4) is 0 Å². The van der Waals surface area contributed by atoms with E-state index in [9.17, 15) is 14.4 Å². The first-order valence-electron chi connectivity index (χ1n) is 7.65. The number of carbonyl (C=O) groups is 3. The van der Waals surface area contributed by atoms with Crippen molar-refractivity contribution in [3.63, 3.8) is 0 Å². The van der Waals surface area contributed by atoms with Gasteiger partial charge >= 0.3 is 11.9 Å². The van der Waals surface area contributed by atoms with E-state index in [2.05, 4.69) is 20.5 Å². The Balaban J connectivity index is 2.10. The van der Waals surface area contributed by atoms with Crippen LogP contribution in [0.2, 0.25) is 0 Å². The number of Topliss-reactive ketones (excluding diaryl/α,β-unsaturated/α-hetero) is 1. The number of hydrogen-bond acceptors (Lipinski definition) is 8. The molecule has 2 rings (SSSR count). The lowest BCUT2D eigenvalue weighted by atomic mass is 10.1. The average molecular weight is 349 g/mol. The number of hydrogen-bond donors (Lipinski definition) is 1. The summed E-state index contributed by atoms with van der Waals surface area (Å²) in [5, 5.41) is 10.3. The molecule has 25 heavy (non-hydrogen) atoms. The van der Waals surface area contributed by atoms with Crippen LogP contribution in [0.25, 0.3) is 0 Å². The highest BCUT2D eigenvalue weighted by Gasteiger charge is 2.27. The molecule has 0 aromatic carbocycles. The second-order valence-corrected chi connectivity index (χ2v) is 5.35. The maximum absolute atomic E-state index is 12.5. The molecule has 0 fully saturated rings. The number of rotatable bonds is 7. The summed E-state index contributed by atoms with van der Waals surface area (Å²) in [6.45, 7) is 6.49. The van der Waals surface area contributed by atoms with Gasteiger partial charge in [-0.25, -0.2) is 9.48 Å². The third kappa shape index (κ3) is 4.08. The SMILES string of the molecule is CCOC(=O)c1c(C)[nH]c(C(=O)[C@@H](C)OC(=O)Cn2cnnn2)c1C. The van der Waals surface area contributed by atoms with E-state index >= 15 is 0 Å². The molecule has 10 heteroatoms. The molecule has 0 spiro atoms. The lowest BCUT2D eigenvalue weighted by Gasteiger charge is -2.12. The van der Waals surface area contributed by atoms with Gasteiger partial charge in [0.1, 0.15) is 12.9 Å². The van der Waals surface area contributed by atoms with Crippen LogP contribution in [-0.4, -0.2) is 55.6 Å². The minimum Gasteiger partial charge on any atom is -0.462 e. The van der Waals surface area contributed by atoms with Crippen LogP contribution in [0.15, 0.2) is 6.33 Å². The number of nitrogens with zero attached hydrogens (tertiary/aromatic N) is 4. The van der Waals surface area contributed by atoms with E-state index in [-0.39, 0.29) is 18.8 Å². The molecule has 0 radical (unpaired) electrons. The second kappa shape index (κ2) is 7.69. The molecule has 2 aromatic heterocycles. The zero-order valence-electron chi connectivity index (χ0n) is 14.4. The highest BCUT2D eigenvalue weighted by molar-refractivity contribution is 6.03. The topological polar surface area (TPSA) is 129 Å². The van der Waals surface area contributed by atoms with Gasteiger partial charge in [0, 0.05) is 5.69 Å². The van der Waals surface area contributed by atoms with E-state index in [4.69, 9.17) is 9.47 Å². The summed E-state index contributed by atoms with van der Waals surface area (Å²) in [6.07, 6.45) is 0.230. The number of aryl methyl sites for hydroxylation is 1. The Morgan fingerprint density at radius 1 is 1.32 bits per heavy atom. The van der Waals surface area contributed by atoms with Crippen LogP contribution in [0.1, 0.15) is 46.0 Å². The Morgan fingerprint density at radius 3 is 2.64 bits per heavy atom. The fourth-order valence-electron chi connectivity index (χ4n) is 2.38. The zero-order valence-corrected chi connectivity index (χ0v) is 14.4. The summed E-state index contributed by atoms with van der Waals surface area (Å²) < 4.78 is 11.3. The Hall–Kier alpha value is -3.04. The van der Waals surface area contributed by atoms with Gasteiger partial charge in [-0.05, 0) is 43.7 Å². The van der Waals surface area contributed by atoms with E-state index in [1.807, 2.05) is 0 Å². The summed E-state index contributed by atoms with van der Waals surface area (Å²) in [5.41, 5.74) is 1.51. The molecule has 2 heterocycles. The predicted molar refractivity (Wildman–Crippen MR) is 83.9 cm³/mol. The molecule has 0 saturated heterocycles.